The number of nitrogens with zero attached hydrogens (tertiary/aromatic N) is 4. The van der Waals surface area contributed by atoms with Crippen molar-refractivity contribution >= 4 is 23.2 Å². The maximum atomic E-state index is 12.5. The summed E-state index contributed by atoms with van der Waals surface area (Å²) in [5, 5.41) is 14.1. The molecule has 0 saturated carbocycles. The molecule has 1 aliphatic heterocycles. The van der Waals surface area contributed by atoms with Crippen LogP contribution in [-0.2, 0) is 6.42 Å². The summed E-state index contributed by atoms with van der Waals surface area (Å²) in [7, 11) is 0. The van der Waals surface area contributed by atoms with Crippen LogP contribution in [0.5, 0.6) is 0 Å². The van der Waals surface area contributed by atoms with E-state index < -0.39 is 4.92 Å². The number of rotatable bonds is 6. The van der Waals surface area contributed by atoms with Crippen LogP contribution in [0.1, 0.15) is 25.3 Å². The third kappa shape index (κ3) is 4.76. The van der Waals surface area contributed by atoms with Crippen molar-refractivity contribution in [2.75, 3.05) is 36.4 Å². The van der Waals surface area contributed by atoms with Crippen LogP contribution >= 0.6 is 0 Å². The SMILES string of the molecule is CCCCc1ccc(NC(=O)N2CCN(c3ncccc3[N+](=O)[O-])CC2)cc1. The number of hydrogen-bond acceptors (Lipinski definition) is 5. The molecular weight excluding hydrogens is 358 g/mol. The smallest absolute Gasteiger partial charge is 0.321 e. The van der Waals surface area contributed by atoms with E-state index in [4.69, 9.17) is 0 Å². The van der Waals surface area contributed by atoms with Gasteiger partial charge in [-0.2, -0.15) is 0 Å². The molecule has 0 unspecified atom stereocenters. The number of urea groups is 1. The average molecular weight is 383 g/mol. The van der Waals surface area contributed by atoms with Crippen LogP contribution in [0.15, 0.2) is 42.6 Å². The molecule has 0 bridgehead atoms. The topological polar surface area (TPSA) is 91.6 Å². The van der Waals surface area contributed by atoms with Gasteiger partial charge in [-0.05, 0) is 36.6 Å². The zero-order valence-corrected chi connectivity index (χ0v) is 16.0. The summed E-state index contributed by atoms with van der Waals surface area (Å²) in [6, 6.07) is 10.8. The minimum Gasteiger partial charge on any atom is -0.347 e. The first-order valence-corrected chi connectivity index (χ1v) is 9.57. The lowest BCUT2D eigenvalue weighted by Crippen LogP contribution is -2.50. The number of hydrogen-bond donors (Lipinski definition) is 1. The number of pyridine rings is 1. The number of amides is 2. The summed E-state index contributed by atoms with van der Waals surface area (Å²) >= 11 is 0. The molecular formula is C20H25N5O3. The highest BCUT2D eigenvalue weighted by Crippen LogP contribution is 2.25. The lowest BCUT2D eigenvalue weighted by Gasteiger charge is -2.35. The highest BCUT2D eigenvalue weighted by atomic mass is 16.6. The van der Waals surface area contributed by atoms with Gasteiger partial charge >= 0.3 is 11.7 Å². The number of anilines is 2. The Kier molecular flexibility index (Phi) is 6.41. The summed E-state index contributed by atoms with van der Waals surface area (Å²) in [6.45, 7) is 4.13. The standard InChI is InChI=1S/C20H25N5O3/c1-2-3-5-16-7-9-17(10-8-16)22-20(26)24-14-12-23(13-15-24)19-18(25(27)28)6-4-11-21-19/h4,6-11H,2-3,5,12-15H2,1H3,(H,22,26). The molecule has 1 aromatic heterocycles. The van der Waals surface area contributed by atoms with Gasteiger partial charge in [0.15, 0.2) is 0 Å². The Morgan fingerprint density at radius 3 is 2.54 bits per heavy atom. The van der Waals surface area contributed by atoms with Gasteiger partial charge in [0.25, 0.3) is 0 Å². The number of nitrogens with one attached hydrogen (secondary N) is 1. The van der Waals surface area contributed by atoms with Crippen LogP contribution in [0.2, 0.25) is 0 Å². The van der Waals surface area contributed by atoms with Crippen molar-refractivity contribution in [2.24, 2.45) is 0 Å². The average Bonchev–Trinajstić information content (AvgIpc) is 2.73. The van der Waals surface area contributed by atoms with Gasteiger partial charge in [0.1, 0.15) is 0 Å². The fraction of sp³-hybridized carbons (Fsp3) is 0.400. The van der Waals surface area contributed by atoms with E-state index in [1.54, 1.807) is 17.2 Å². The Morgan fingerprint density at radius 1 is 1.18 bits per heavy atom. The molecule has 3 rings (SSSR count). The minimum atomic E-state index is -0.425. The summed E-state index contributed by atoms with van der Waals surface area (Å²) in [5.41, 5.74) is 2.03. The summed E-state index contributed by atoms with van der Waals surface area (Å²) < 4.78 is 0. The first kappa shape index (κ1) is 19.6. The molecule has 0 radical (unpaired) electrons. The molecule has 2 amide bonds. The van der Waals surface area contributed by atoms with Crippen molar-refractivity contribution in [2.45, 2.75) is 26.2 Å². The van der Waals surface area contributed by atoms with Gasteiger partial charge in [-0.25, -0.2) is 9.78 Å². The Labute approximate surface area is 164 Å². The van der Waals surface area contributed by atoms with Gasteiger partial charge in [0, 0.05) is 44.1 Å². The van der Waals surface area contributed by atoms with Crippen molar-refractivity contribution in [3.63, 3.8) is 0 Å². The third-order valence-corrected chi connectivity index (χ3v) is 4.85. The Morgan fingerprint density at radius 2 is 1.89 bits per heavy atom. The molecule has 2 aromatic rings. The molecule has 0 spiro atoms. The molecule has 1 aliphatic rings. The summed E-state index contributed by atoms with van der Waals surface area (Å²) in [6.07, 6.45) is 4.91. The maximum absolute atomic E-state index is 12.5. The second-order valence-electron chi connectivity index (χ2n) is 6.81. The van der Waals surface area contributed by atoms with E-state index in [9.17, 15) is 14.9 Å². The predicted octanol–water partition coefficient (Wildman–Crippen LogP) is 3.69. The fourth-order valence-electron chi connectivity index (χ4n) is 3.23. The Hall–Kier alpha value is -3.16. The van der Waals surface area contributed by atoms with E-state index in [0.29, 0.717) is 32.0 Å². The lowest BCUT2D eigenvalue weighted by molar-refractivity contribution is -0.384. The second kappa shape index (κ2) is 9.16. The molecule has 8 nitrogen and oxygen atoms in total. The van der Waals surface area contributed by atoms with E-state index in [0.717, 1.165) is 24.9 Å². The van der Waals surface area contributed by atoms with Crippen molar-refractivity contribution < 1.29 is 9.72 Å². The van der Waals surface area contributed by atoms with Gasteiger partial charge in [0.2, 0.25) is 5.82 Å². The first-order chi connectivity index (χ1) is 13.6. The van der Waals surface area contributed by atoms with E-state index in [2.05, 4.69) is 17.2 Å². The number of nitro groups is 1. The number of carbonyl (C=O) groups excluding carboxylic acids is 1. The molecule has 1 aromatic carbocycles. The van der Waals surface area contributed by atoms with Gasteiger partial charge in [-0.15, -0.1) is 0 Å². The van der Waals surface area contributed by atoms with Crippen LogP contribution in [0.25, 0.3) is 0 Å². The normalized spacial score (nSPS) is 14.0. The largest absolute Gasteiger partial charge is 0.347 e. The predicted molar refractivity (Wildman–Crippen MR) is 109 cm³/mol. The first-order valence-electron chi connectivity index (χ1n) is 9.57. The zero-order valence-electron chi connectivity index (χ0n) is 16.0. The number of carbonyl (C=O) groups is 1. The summed E-state index contributed by atoms with van der Waals surface area (Å²) in [5.74, 6) is 0.357. The van der Waals surface area contributed by atoms with Gasteiger partial charge in [-0.1, -0.05) is 25.5 Å². The number of unbranched alkanes of at least 4 members (excludes halogenated alkanes) is 1. The van der Waals surface area contributed by atoms with Crippen molar-refractivity contribution in [1.29, 1.82) is 0 Å². The molecule has 1 fully saturated rings. The number of piperazine rings is 1. The van der Waals surface area contributed by atoms with Crippen LogP contribution in [0.4, 0.5) is 22.0 Å². The highest BCUT2D eigenvalue weighted by Gasteiger charge is 2.26. The number of aromatic nitrogens is 1. The monoisotopic (exact) mass is 383 g/mol. The Balaban J connectivity index is 1.55. The Bertz CT molecular complexity index is 817. The fourth-order valence-corrected chi connectivity index (χ4v) is 3.23. The highest BCUT2D eigenvalue weighted by molar-refractivity contribution is 5.89. The van der Waals surface area contributed by atoms with E-state index in [1.165, 1.54) is 11.6 Å². The molecule has 0 aliphatic carbocycles. The zero-order chi connectivity index (χ0) is 19.9. The van der Waals surface area contributed by atoms with Crippen LogP contribution in [0.3, 0.4) is 0 Å². The quantitative estimate of drug-likeness (QED) is 0.607. The van der Waals surface area contributed by atoms with E-state index in [1.807, 2.05) is 29.2 Å². The second-order valence-corrected chi connectivity index (χ2v) is 6.81. The van der Waals surface area contributed by atoms with Gasteiger partial charge in [-0.3, -0.25) is 10.1 Å². The third-order valence-electron chi connectivity index (χ3n) is 4.85. The van der Waals surface area contributed by atoms with Gasteiger partial charge < -0.3 is 15.1 Å². The molecule has 1 N–H and O–H groups in total. The molecule has 1 saturated heterocycles. The van der Waals surface area contributed by atoms with Crippen molar-refractivity contribution in [3.05, 3.63) is 58.3 Å². The van der Waals surface area contributed by atoms with Crippen molar-refractivity contribution in [3.8, 4) is 0 Å². The van der Waals surface area contributed by atoms with Crippen molar-refractivity contribution in [1.82, 2.24) is 9.88 Å². The van der Waals surface area contributed by atoms with Crippen LogP contribution in [0, 0.1) is 10.1 Å². The van der Waals surface area contributed by atoms with E-state index in [-0.39, 0.29) is 11.7 Å². The molecule has 8 heteroatoms. The molecule has 148 valence electrons. The maximum Gasteiger partial charge on any atom is 0.321 e. The van der Waals surface area contributed by atoms with E-state index >= 15 is 0 Å². The van der Waals surface area contributed by atoms with Crippen LogP contribution < -0.4 is 10.2 Å². The minimum absolute atomic E-state index is 0.0106. The molecule has 2 heterocycles. The van der Waals surface area contributed by atoms with Crippen LogP contribution in [-0.4, -0.2) is 47.0 Å². The number of aryl methyl sites for hydroxylation is 1. The summed E-state index contributed by atoms with van der Waals surface area (Å²) in [4.78, 5) is 31.0. The molecule has 0 atom stereocenters. The lowest BCUT2D eigenvalue weighted by atomic mass is 10.1. The molecule has 28 heavy (non-hydrogen) atoms. The van der Waals surface area contributed by atoms with Gasteiger partial charge in [0.05, 0.1) is 4.92 Å². The number of benzene rings is 1.